The molecule has 0 radical (unpaired) electrons. The summed E-state index contributed by atoms with van der Waals surface area (Å²) in [5.41, 5.74) is 3.66. The van der Waals surface area contributed by atoms with Crippen molar-refractivity contribution in [3.8, 4) is 0 Å². The van der Waals surface area contributed by atoms with Crippen LogP contribution in [0, 0.1) is 23.7 Å². The Hall–Kier alpha value is -0.520. The van der Waals surface area contributed by atoms with Gasteiger partial charge in [-0.3, -0.25) is 0 Å². The Balaban J connectivity index is 1.71. The molecule has 4 aliphatic carbocycles. The third kappa shape index (κ3) is 1.72. The second-order valence-corrected chi connectivity index (χ2v) is 7.12. The molecule has 4 atom stereocenters. The molecule has 18 heavy (non-hydrogen) atoms. The van der Waals surface area contributed by atoms with E-state index in [1.54, 1.807) is 18.4 Å². The van der Waals surface area contributed by atoms with Gasteiger partial charge in [0.25, 0.3) is 0 Å². The van der Waals surface area contributed by atoms with E-state index >= 15 is 0 Å². The van der Waals surface area contributed by atoms with Crippen molar-refractivity contribution in [1.29, 1.82) is 0 Å². The molecule has 0 aromatic rings. The number of hydrogen-bond acceptors (Lipinski definition) is 0. The fourth-order valence-electron chi connectivity index (χ4n) is 5.60. The van der Waals surface area contributed by atoms with Gasteiger partial charge in [-0.25, -0.2) is 0 Å². The fraction of sp³-hybridized carbons (Fsp3) is 0.778. The first-order valence-electron chi connectivity index (χ1n) is 8.32. The summed E-state index contributed by atoms with van der Waals surface area (Å²) in [7, 11) is 0. The van der Waals surface area contributed by atoms with Crippen LogP contribution in [0.5, 0.6) is 0 Å². The van der Waals surface area contributed by atoms with E-state index in [9.17, 15) is 0 Å². The predicted molar refractivity (Wildman–Crippen MR) is 76.3 cm³/mol. The van der Waals surface area contributed by atoms with Gasteiger partial charge in [0.2, 0.25) is 0 Å². The minimum atomic E-state index is 0.983. The summed E-state index contributed by atoms with van der Waals surface area (Å²) in [6.45, 7) is 0. The molecule has 0 heteroatoms. The molecule has 0 aromatic carbocycles. The van der Waals surface area contributed by atoms with Crippen LogP contribution in [0.25, 0.3) is 0 Å². The molecule has 0 spiro atoms. The summed E-state index contributed by atoms with van der Waals surface area (Å²) in [4.78, 5) is 0. The lowest BCUT2D eigenvalue weighted by atomic mass is 9.63. The van der Waals surface area contributed by atoms with Gasteiger partial charge in [-0.1, -0.05) is 43.4 Å². The lowest BCUT2D eigenvalue weighted by Gasteiger charge is -2.41. The summed E-state index contributed by atoms with van der Waals surface area (Å²) in [6.07, 6.45) is 19.8. The van der Waals surface area contributed by atoms with Crippen molar-refractivity contribution in [2.45, 2.75) is 64.2 Å². The zero-order valence-electron chi connectivity index (χ0n) is 11.5. The summed E-state index contributed by atoms with van der Waals surface area (Å²) in [5.74, 6) is 4.18. The van der Waals surface area contributed by atoms with E-state index in [2.05, 4.69) is 12.2 Å². The van der Waals surface area contributed by atoms with Crippen molar-refractivity contribution in [1.82, 2.24) is 0 Å². The monoisotopic (exact) mass is 242 g/mol. The Kier molecular flexibility index (Phi) is 2.86. The van der Waals surface area contributed by atoms with Gasteiger partial charge in [-0.15, -0.1) is 0 Å². The molecule has 2 fully saturated rings. The summed E-state index contributed by atoms with van der Waals surface area (Å²) < 4.78 is 0. The molecule has 0 bridgehead atoms. The van der Waals surface area contributed by atoms with E-state index in [1.165, 1.54) is 51.4 Å². The largest absolute Gasteiger partial charge is 0.0802 e. The van der Waals surface area contributed by atoms with Gasteiger partial charge in [0, 0.05) is 0 Å². The van der Waals surface area contributed by atoms with Crippen molar-refractivity contribution in [3.05, 3.63) is 23.3 Å². The molecule has 0 aliphatic heterocycles. The lowest BCUT2D eigenvalue weighted by molar-refractivity contribution is 0.104. The number of fused-ring (bicyclic) bond motifs is 4. The van der Waals surface area contributed by atoms with Crippen molar-refractivity contribution in [3.63, 3.8) is 0 Å². The Morgan fingerprint density at radius 1 is 0.833 bits per heavy atom. The molecular weight excluding hydrogens is 216 g/mol. The van der Waals surface area contributed by atoms with Gasteiger partial charge in [-0.05, 0) is 67.8 Å². The topological polar surface area (TPSA) is 0 Å². The third-order valence-electron chi connectivity index (χ3n) is 6.34. The molecule has 0 nitrogen and oxygen atoms in total. The van der Waals surface area contributed by atoms with Crippen molar-refractivity contribution >= 4 is 0 Å². The quantitative estimate of drug-likeness (QED) is 0.543. The minimum Gasteiger partial charge on any atom is -0.0802 e. The average Bonchev–Trinajstić information content (AvgIpc) is 2.83. The highest BCUT2D eigenvalue weighted by molar-refractivity contribution is 5.37. The highest BCUT2D eigenvalue weighted by Gasteiger charge is 2.42. The molecule has 2 saturated carbocycles. The predicted octanol–water partition coefficient (Wildman–Crippen LogP) is 5.26. The average molecular weight is 242 g/mol. The van der Waals surface area contributed by atoms with Crippen LogP contribution < -0.4 is 0 Å². The van der Waals surface area contributed by atoms with Gasteiger partial charge >= 0.3 is 0 Å². The van der Waals surface area contributed by atoms with Crippen LogP contribution in [-0.4, -0.2) is 0 Å². The standard InChI is InChI=1S/C18H26/c1-2-8-15-13(6-1)12-14-7-5-11-16(14)18-10-4-3-9-17(15)18/h5,7,13,15,17-18H,1-4,6,8-12H2. The highest BCUT2D eigenvalue weighted by Crippen LogP contribution is 2.53. The van der Waals surface area contributed by atoms with Crippen LogP contribution in [0.2, 0.25) is 0 Å². The first-order chi connectivity index (χ1) is 8.93. The molecule has 0 heterocycles. The molecular formula is C18H26. The second kappa shape index (κ2) is 4.54. The number of allylic oxidation sites excluding steroid dienone is 4. The summed E-state index contributed by atoms with van der Waals surface area (Å²) >= 11 is 0. The van der Waals surface area contributed by atoms with Crippen LogP contribution in [-0.2, 0) is 0 Å². The zero-order chi connectivity index (χ0) is 11.9. The van der Waals surface area contributed by atoms with E-state index < -0.39 is 0 Å². The number of hydrogen-bond donors (Lipinski definition) is 0. The van der Waals surface area contributed by atoms with Crippen molar-refractivity contribution in [2.24, 2.45) is 23.7 Å². The Labute approximate surface area is 112 Å². The molecule has 4 aliphatic rings. The smallest absolute Gasteiger partial charge is 0.0127 e. The summed E-state index contributed by atoms with van der Waals surface area (Å²) in [6, 6.07) is 0. The first-order valence-corrected chi connectivity index (χ1v) is 8.32. The Morgan fingerprint density at radius 2 is 1.61 bits per heavy atom. The first kappa shape index (κ1) is 11.3. The van der Waals surface area contributed by atoms with Gasteiger partial charge < -0.3 is 0 Å². The van der Waals surface area contributed by atoms with Gasteiger partial charge in [0.05, 0.1) is 0 Å². The molecule has 98 valence electrons. The molecule has 0 saturated heterocycles. The van der Waals surface area contributed by atoms with E-state index in [4.69, 9.17) is 0 Å². The van der Waals surface area contributed by atoms with E-state index in [-0.39, 0.29) is 0 Å². The van der Waals surface area contributed by atoms with Crippen LogP contribution in [0.15, 0.2) is 23.3 Å². The van der Waals surface area contributed by atoms with E-state index in [0.29, 0.717) is 0 Å². The maximum absolute atomic E-state index is 2.48. The van der Waals surface area contributed by atoms with E-state index in [1.807, 2.05) is 5.57 Å². The summed E-state index contributed by atoms with van der Waals surface area (Å²) in [5, 5.41) is 0. The van der Waals surface area contributed by atoms with Crippen LogP contribution in [0.1, 0.15) is 64.2 Å². The SMILES string of the molecule is C1=CC2=C(C1)C1CCCCC1C1CCCCC1C2. The molecule has 4 rings (SSSR count). The fourth-order valence-corrected chi connectivity index (χ4v) is 5.60. The van der Waals surface area contributed by atoms with Crippen molar-refractivity contribution in [2.75, 3.05) is 0 Å². The third-order valence-corrected chi connectivity index (χ3v) is 6.34. The van der Waals surface area contributed by atoms with Gasteiger partial charge in [0.15, 0.2) is 0 Å². The zero-order valence-corrected chi connectivity index (χ0v) is 11.5. The normalized spacial score (nSPS) is 43.1. The number of rotatable bonds is 0. The lowest BCUT2D eigenvalue weighted by Crippen LogP contribution is -2.32. The molecule has 0 aromatic heterocycles. The van der Waals surface area contributed by atoms with Crippen LogP contribution in [0.3, 0.4) is 0 Å². The molecule has 4 unspecified atom stereocenters. The van der Waals surface area contributed by atoms with Crippen molar-refractivity contribution < 1.29 is 0 Å². The molecule has 0 amide bonds. The minimum absolute atomic E-state index is 0.983. The van der Waals surface area contributed by atoms with Crippen LogP contribution >= 0.6 is 0 Å². The maximum atomic E-state index is 2.48. The van der Waals surface area contributed by atoms with E-state index in [0.717, 1.165) is 23.7 Å². The highest BCUT2D eigenvalue weighted by atomic mass is 14.5. The Morgan fingerprint density at radius 3 is 2.56 bits per heavy atom. The maximum Gasteiger partial charge on any atom is -0.0127 e. The Bertz CT molecular complexity index is 387. The van der Waals surface area contributed by atoms with Gasteiger partial charge in [-0.2, -0.15) is 0 Å². The van der Waals surface area contributed by atoms with Crippen LogP contribution in [0.4, 0.5) is 0 Å². The molecule has 0 N–H and O–H groups in total. The van der Waals surface area contributed by atoms with Gasteiger partial charge in [0.1, 0.15) is 0 Å². The second-order valence-electron chi connectivity index (χ2n) is 7.12.